The first-order valence-electron chi connectivity index (χ1n) is 6.43. The highest BCUT2D eigenvalue weighted by molar-refractivity contribution is 5.81. The van der Waals surface area contributed by atoms with Crippen LogP contribution in [-0.2, 0) is 11.2 Å². The Labute approximate surface area is 97.9 Å². The zero-order valence-corrected chi connectivity index (χ0v) is 9.82. The maximum Gasteiger partial charge on any atom is 0.136 e. The molecule has 0 radical (unpaired) electrons. The average Bonchev–Trinajstić information content (AvgIpc) is 2.30. The first-order valence-corrected chi connectivity index (χ1v) is 6.43. The van der Waals surface area contributed by atoms with Crippen LogP contribution in [0.2, 0.25) is 0 Å². The Morgan fingerprint density at radius 1 is 1.00 bits per heavy atom. The molecule has 2 rings (SSSR count). The summed E-state index contributed by atoms with van der Waals surface area (Å²) in [6.45, 7) is 0. The fourth-order valence-corrected chi connectivity index (χ4v) is 2.52. The largest absolute Gasteiger partial charge is 0.299 e. The standard InChI is InChI=1S/C15H20O/c16-15-11-7-2-1-6-10-14(15)12-13-8-4-3-5-9-13/h3-5,8-9,14H,1-2,6-7,10-12H2/t14-/m0/s1. The van der Waals surface area contributed by atoms with Crippen LogP contribution < -0.4 is 0 Å². The Morgan fingerprint density at radius 2 is 1.75 bits per heavy atom. The minimum Gasteiger partial charge on any atom is -0.299 e. The van der Waals surface area contributed by atoms with E-state index in [0.29, 0.717) is 5.78 Å². The van der Waals surface area contributed by atoms with Gasteiger partial charge in [-0.3, -0.25) is 4.79 Å². The van der Waals surface area contributed by atoms with Crippen molar-refractivity contribution in [3.8, 4) is 0 Å². The van der Waals surface area contributed by atoms with Gasteiger partial charge in [0.2, 0.25) is 0 Å². The van der Waals surface area contributed by atoms with Crippen LogP contribution in [0.15, 0.2) is 30.3 Å². The van der Waals surface area contributed by atoms with E-state index in [4.69, 9.17) is 0 Å². The lowest BCUT2D eigenvalue weighted by atomic mass is 9.86. The van der Waals surface area contributed by atoms with Gasteiger partial charge in [-0.05, 0) is 24.8 Å². The lowest BCUT2D eigenvalue weighted by molar-refractivity contribution is -0.123. The van der Waals surface area contributed by atoms with Crippen LogP contribution in [0.25, 0.3) is 0 Å². The van der Waals surface area contributed by atoms with Crippen LogP contribution in [0.1, 0.15) is 44.1 Å². The van der Waals surface area contributed by atoms with Crippen LogP contribution in [0.3, 0.4) is 0 Å². The van der Waals surface area contributed by atoms with E-state index in [2.05, 4.69) is 24.3 Å². The fraction of sp³-hybridized carbons (Fsp3) is 0.533. The van der Waals surface area contributed by atoms with Gasteiger partial charge in [0, 0.05) is 12.3 Å². The Hall–Kier alpha value is -1.11. The van der Waals surface area contributed by atoms with Gasteiger partial charge >= 0.3 is 0 Å². The quantitative estimate of drug-likeness (QED) is 0.735. The van der Waals surface area contributed by atoms with Crippen LogP contribution in [0, 0.1) is 5.92 Å². The van der Waals surface area contributed by atoms with E-state index in [1.165, 1.54) is 24.8 Å². The third kappa shape index (κ3) is 3.19. The first kappa shape index (κ1) is 11.4. The number of carbonyl (C=O) groups excluding carboxylic acids is 1. The third-order valence-electron chi connectivity index (χ3n) is 3.51. The smallest absolute Gasteiger partial charge is 0.136 e. The van der Waals surface area contributed by atoms with E-state index in [1.807, 2.05) is 6.07 Å². The molecule has 16 heavy (non-hydrogen) atoms. The van der Waals surface area contributed by atoms with Crippen LogP contribution in [-0.4, -0.2) is 5.78 Å². The molecule has 86 valence electrons. The Balaban J connectivity index is 1.98. The Bertz CT molecular complexity index is 329. The molecule has 0 aromatic heterocycles. The van der Waals surface area contributed by atoms with E-state index in [-0.39, 0.29) is 5.92 Å². The van der Waals surface area contributed by atoms with Crippen molar-refractivity contribution in [2.45, 2.75) is 44.9 Å². The molecule has 1 aliphatic carbocycles. The van der Waals surface area contributed by atoms with Gasteiger partial charge in [0.25, 0.3) is 0 Å². The normalized spacial score (nSPS) is 22.5. The fourth-order valence-electron chi connectivity index (χ4n) is 2.52. The van der Waals surface area contributed by atoms with Crippen molar-refractivity contribution in [1.82, 2.24) is 0 Å². The van der Waals surface area contributed by atoms with Gasteiger partial charge in [-0.1, -0.05) is 49.6 Å². The maximum atomic E-state index is 12.0. The first-order chi connectivity index (χ1) is 7.86. The SMILES string of the molecule is O=C1CCCCCC[C@H]1Cc1ccccc1. The molecule has 0 aliphatic heterocycles. The average molecular weight is 216 g/mol. The van der Waals surface area contributed by atoms with Crippen LogP contribution >= 0.6 is 0 Å². The van der Waals surface area contributed by atoms with Gasteiger partial charge in [0.05, 0.1) is 0 Å². The van der Waals surface area contributed by atoms with Gasteiger partial charge in [0.1, 0.15) is 5.78 Å². The molecule has 1 fully saturated rings. The molecule has 0 bridgehead atoms. The van der Waals surface area contributed by atoms with E-state index in [9.17, 15) is 4.79 Å². The number of benzene rings is 1. The number of carbonyl (C=O) groups is 1. The number of Topliss-reactive ketones (excluding diaryl/α,β-unsaturated/α-hetero) is 1. The molecule has 0 spiro atoms. The van der Waals surface area contributed by atoms with Crippen LogP contribution in [0.5, 0.6) is 0 Å². The molecule has 1 aromatic rings. The van der Waals surface area contributed by atoms with E-state index in [0.717, 1.165) is 25.7 Å². The molecule has 1 nitrogen and oxygen atoms in total. The zero-order valence-electron chi connectivity index (χ0n) is 9.82. The second-order valence-electron chi connectivity index (χ2n) is 4.81. The molecule has 0 amide bonds. The van der Waals surface area contributed by atoms with Gasteiger partial charge in [0.15, 0.2) is 0 Å². The summed E-state index contributed by atoms with van der Waals surface area (Å²) in [7, 11) is 0. The summed E-state index contributed by atoms with van der Waals surface area (Å²) in [6.07, 6.45) is 7.71. The van der Waals surface area contributed by atoms with Crippen molar-refractivity contribution >= 4 is 5.78 Å². The van der Waals surface area contributed by atoms with Gasteiger partial charge in [-0.2, -0.15) is 0 Å². The van der Waals surface area contributed by atoms with Gasteiger partial charge in [-0.25, -0.2) is 0 Å². The maximum absolute atomic E-state index is 12.0. The topological polar surface area (TPSA) is 17.1 Å². The predicted octanol–water partition coefficient (Wildman–Crippen LogP) is 3.77. The third-order valence-corrected chi connectivity index (χ3v) is 3.51. The molecule has 0 heterocycles. The molecule has 1 atom stereocenters. The van der Waals surface area contributed by atoms with Gasteiger partial charge < -0.3 is 0 Å². The zero-order chi connectivity index (χ0) is 11.2. The number of rotatable bonds is 2. The number of hydrogen-bond donors (Lipinski definition) is 0. The molecular formula is C15H20O. The monoisotopic (exact) mass is 216 g/mol. The van der Waals surface area contributed by atoms with Crippen molar-refractivity contribution in [2.75, 3.05) is 0 Å². The summed E-state index contributed by atoms with van der Waals surface area (Å²) in [5, 5.41) is 0. The summed E-state index contributed by atoms with van der Waals surface area (Å²) in [4.78, 5) is 12.0. The summed E-state index contributed by atoms with van der Waals surface area (Å²) < 4.78 is 0. The minimum absolute atomic E-state index is 0.280. The Kier molecular flexibility index (Phi) is 4.15. The van der Waals surface area contributed by atoms with Crippen LogP contribution in [0.4, 0.5) is 0 Å². The Morgan fingerprint density at radius 3 is 2.56 bits per heavy atom. The van der Waals surface area contributed by atoms with Crippen molar-refractivity contribution < 1.29 is 4.79 Å². The molecule has 1 saturated carbocycles. The summed E-state index contributed by atoms with van der Waals surface area (Å²) in [5.41, 5.74) is 1.31. The van der Waals surface area contributed by atoms with Crippen molar-refractivity contribution in [2.24, 2.45) is 5.92 Å². The molecule has 0 unspecified atom stereocenters. The van der Waals surface area contributed by atoms with Gasteiger partial charge in [-0.15, -0.1) is 0 Å². The highest BCUT2D eigenvalue weighted by Crippen LogP contribution is 2.22. The van der Waals surface area contributed by atoms with Crippen molar-refractivity contribution in [3.05, 3.63) is 35.9 Å². The molecule has 1 heteroatoms. The van der Waals surface area contributed by atoms with Crippen molar-refractivity contribution in [1.29, 1.82) is 0 Å². The highest BCUT2D eigenvalue weighted by Gasteiger charge is 2.19. The lowest BCUT2D eigenvalue weighted by Gasteiger charge is -2.18. The summed E-state index contributed by atoms with van der Waals surface area (Å²) in [6, 6.07) is 10.4. The highest BCUT2D eigenvalue weighted by atomic mass is 16.1. The lowest BCUT2D eigenvalue weighted by Crippen LogP contribution is -2.18. The second-order valence-corrected chi connectivity index (χ2v) is 4.81. The number of ketones is 1. The minimum atomic E-state index is 0.280. The molecule has 1 aliphatic rings. The molecule has 0 saturated heterocycles. The summed E-state index contributed by atoms with van der Waals surface area (Å²) in [5.74, 6) is 0.770. The van der Waals surface area contributed by atoms with E-state index in [1.54, 1.807) is 0 Å². The van der Waals surface area contributed by atoms with E-state index >= 15 is 0 Å². The molecular weight excluding hydrogens is 196 g/mol. The second kappa shape index (κ2) is 5.83. The van der Waals surface area contributed by atoms with E-state index < -0.39 is 0 Å². The number of hydrogen-bond acceptors (Lipinski definition) is 1. The molecule has 0 N–H and O–H groups in total. The summed E-state index contributed by atoms with van der Waals surface area (Å²) >= 11 is 0. The molecule has 1 aromatic carbocycles. The predicted molar refractivity (Wildman–Crippen MR) is 66.3 cm³/mol. The van der Waals surface area contributed by atoms with Crippen molar-refractivity contribution in [3.63, 3.8) is 0 Å².